The molecule has 1 heterocycles. The van der Waals surface area contributed by atoms with Gasteiger partial charge in [-0.15, -0.1) is 0 Å². The smallest absolute Gasteiger partial charge is 0.127 e. The summed E-state index contributed by atoms with van der Waals surface area (Å²) < 4.78 is 5.27. The Kier molecular flexibility index (Phi) is 2.98. The summed E-state index contributed by atoms with van der Waals surface area (Å²) in [5, 5.41) is 9.36. The summed E-state index contributed by atoms with van der Waals surface area (Å²) in [7, 11) is 1.67. The summed E-state index contributed by atoms with van der Waals surface area (Å²) in [6.07, 6.45) is 4.72. The Morgan fingerprint density at radius 2 is 2.20 bits per heavy atom. The van der Waals surface area contributed by atoms with E-state index in [9.17, 15) is 5.26 Å². The predicted molar refractivity (Wildman–Crippen MR) is 76.5 cm³/mol. The number of aromatic nitrogens is 2. The van der Waals surface area contributed by atoms with Gasteiger partial charge in [0.15, 0.2) is 0 Å². The number of hydrogen-bond donors (Lipinski definition) is 1. The molecule has 1 aromatic heterocycles. The summed E-state index contributed by atoms with van der Waals surface area (Å²) in [5.74, 6) is 1.68. The molecule has 4 heteroatoms. The highest BCUT2D eigenvalue weighted by Gasteiger charge is 2.41. The fourth-order valence-electron chi connectivity index (χ4n) is 2.69. The minimum atomic E-state index is -0.389. The van der Waals surface area contributed by atoms with E-state index in [1.807, 2.05) is 25.3 Å². The number of ether oxygens (including phenoxy) is 1. The second-order valence-corrected chi connectivity index (χ2v) is 5.38. The molecular formula is C16H17N3O. The lowest BCUT2D eigenvalue weighted by molar-refractivity contribution is 0.309. The molecule has 0 unspecified atom stereocenters. The van der Waals surface area contributed by atoms with Crippen LogP contribution >= 0.6 is 0 Å². The van der Waals surface area contributed by atoms with Crippen LogP contribution in [0.2, 0.25) is 0 Å². The van der Waals surface area contributed by atoms with Crippen molar-refractivity contribution in [3.8, 4) is 23.1 Å². The van der Waals surface area contributed by atoms with Crippen LogP contribution in [-0.2, 0) is 5.41 Å². The molecule has 0 atom stereocenters. The maximum absolute atomic E-state index is 9.36. The van der Waals surface area contributed by atoms with Gasteiger partial charge in [0.1, 0.15) is 17.0 Å². The third-order valence-corrected chi connectivity index (χ3v) is 4.16. The average molecular weight is 267 g/mol. The van der Waals surface area contributed by atoms with Crippen LogP contribution in [0.25, 0.3) is 11.3 Å². The maximum Gasteiger partial charge on any atom is 0.127 e. The number of nitriles is 1. The molecule has 1 saturated carbocycles. The number of aromatic amines is 1. The largest absolute Gasteiger partial charge is 0.496 e. The molecule has 0 amide bonds. The highest BCUT2D eigenvalue weighted by molar-refractivity contribution is 5.62. The van der Waals surface area contributed by atoms with E-state index in [4.69, 9.17) is 4.74 Å². The fourth-order valence-corrected chi connectivity index (χ4v) is 2.69. The zero-order valence-electron chi connectivity index (χ0n) is 11.7. The van der Waals surface area contributed by atoms with Gasteiger partial charge in [0.05, 0.1) is 25.1 Å². The SMILES string of the molecule is COc1ccc(-c2cnc(C3(C#N)CCC3)[nH]2)cc1C. The number of nitrogens with one attached hydrogen (secondary N) is 1. The molecule has 1 aromatic carbocycles. The lowest BCUT2D eigenvalue weighted by Gasteiger charge is -2.32. The molecule has 2 aromatic rings. The number of H-pyrrole nitrogens is 1. The van der Waals surface area contributed by atoms with Crippen molar-refractivity contribution in [1.29, 1.82) is 5.26 Å². The molecule has 20 heavy (non-hydrogen) atoms. The summed E-state index contributed by atoms with van der Waals surface area (Å²) in [4.78, 5) is 7.73. The molecule has 0 bridgehead atoms. The molecule has 1 aliphatic rings. The van der Waals surface area contributed by atoms with E-state index >= 15 is 0 Å². The molecule has 0 saturated heterocycles. The summed E-state index contributed by atoms with van der Waals surface area (Å²) in [6, 6.07) is 8.43. The summed E-state index contributed by atoms with van der Waals surface area (Å²) >= 11 is 0. The molecule has 0 spiro atoms. The molecule has 102 valence electrons. The van der Waals surface area contributed by atoms with Gasteiger partial charge in [0.2, 0.25) is 0 Å². The van der Waals surface area contributed by atoms with Crippen molar-refractivity contribution in [2.45, 2.75) is 31.6 Å². The van der Waals surface area contributed by atoms with Crippen molar-refractivity contribution < 1.29 is 4.74 Å². The summed E-state index contributed by atoms with van der Waals surface area (Å²) in [5.41, 5.74) is 2.71. The molecule has 0 radical (unpaired) electrons. The lowest BCUT2D eigenvalue weighted by atomic mass is 9.69. The molecular weight excluding hydrogens is 250 g/mol. The zero-order chi connectivity index (χ0) is 14.2. The predicted octanol–water partition coefficient (Wildman–Crippen LogP) is 3.34. The van der Waals surface area contributed by atoms with Gasteiger partial charge in [-0.3, -0.25) is 0 Å². The lowest BCUT2D eigenvalue weighted by Crippen LogP contribution is -2.33. The Hall–Kier alpha value is -2.28. The number of aryl methyl sites for hydroxylation is 1. The maximum atomic E-state index is 9.36. The van der Waals surface area contributed by atoms with E-state index in [0.717, 1.165) is 47.7 Å². The molecule has 1 N–H and O–H groups in total. The number of benzene rings is 1. The number of methoxy groups -OCH3 is 1. The van der Waals surface area contributed by atoms with Crippen LogP contribution in [-0.4, -0.2) is 17.1 Å². The standard InChI is InChI=1S/C16H17N3O/c1-11-8-12(4-5-14(11)20-2)13-9-18-15(19-13)16(10-17)6-3-7-16/h4-5,8-9H,3,6-7H2,1-2H3,(H,18,19). The van der Waals surface area contributed by atoms with Crippen molar-refractivity contribution in [3.05, 3.63) is 35.8 Å². The van der Waals surface area contributed by atoms with Crippen molar-refractivity contribution in [1.82, 2.24) is 9.97 Å². The van der Waals surface area contributed by atoms with E-state index < -0.39 is 0 Å². The first-order chi connectivity index (χ1) is 9.68. The molecule has 1 fully saturated rings. The Labute approximate surface area is 118 Å². The van der Waals surface area contributed by atoms with E-state index in [1.165, 1.54) is 0 Å². The summed E-state index contributed by atoms with van der Waals surface area (Å²) in [6.45, 7) is 2.02. The first-order valence-electron chi connectivity index (χ1n) is 6.80. The highest BCUT2D eigenvalue weighted by Crippen LogP contribution is 2.42. The van der Waals surface area contributed by atoms with Crippen LogP contribution in [0.5, 0.6) is 5.75 Å². The first-order valence-corrected chi connectivity index (χ1v) is 6.80. The van der Waals surface area contributed by atoms with Crippen molar-refractivity contribution >= 4 is 0 Å². The van der Waals surface area contributed by atoms with Gasteiger partial charge >= 0.3 is 0 Å². The minimum Gasteiger partial charge on any atom is -0.496 e. The van der Waals surface area contributed by atoms with Crippen LogP contribution in [0.15, 0.2) is 24.4 Å². The van der Waals surface area contributed by atoms with Gasteiger partial charge in [-0.05, 0) is 49.9 Å². The Morgan fingerprint density at radius 3 is 2.75 bits per heavy atom. The van der Waals surface area contributed by atoms with Gasteiger partial charge in [-0.25, -0.2) is 4.98 Å². The highest BCUT2D eigenvalue weighted by atomic mass is 16.5. The third-order valence-electron chi connectivity index (χ3n) is 4.16. The van der Waals surface area contributed by atoms with Gasteiger partial charge in [-0.1, -0.05) is 0 Å². The number of nitrogens with zero attached hydrogens (tertiary/aromatic N) is 2. The Bertz CT molecular complexity index is 677. The first kappa shape index (κ1) is 12.7. The minimum absolute atomic E-state index is 0.389. The molecule has 3 rings (SSSR count). The van der Waals surface area contributed by atoms with Crippen LogP contribution in [0.3, 0.4) is 0 Å². The zero-order valence-corrected chi connectivity index (χ0v) is 11.7. The third kappa shape index (κ3) is 1.87. The number of hydrogen-bond acceptors (Lipinski definition) is 3. The van der Waals surface area contributed by atoms with Gasteiger partial charge in [0.25, 0.3) is 0 Å². The van der Waals surface area contributed by atoms with Gasteiger partial charge in [0, 0.05) is 5.56 Å². The van der Waals surface area contributed by atoms with Crippen LogP contribution in [0.4, 0.5) is 0 Å². The van der Waals surface area contributed by atoms with E-state index in [-0.39, 0.29) is 5.41 Å². The second-order valence-electron chi connectivity index (χ2n) is 5.38. The molecule has 0 aliphatic heterocycles. The van der Waals surface area contributed by atoms with Crippen LogP contribution in [0, 0.1) is 18.3 Å². The van der Waals surface area contributed by atoms with E-state index in [1.54, 1.807) is 7.11 Å². The van der Waals surface area contributed by atoms with Crippen LogP contribution < -0.4 is 4.74 Å². The van der Waals surface area contributed by atoms with Gasteiger partial charge < -0.3 is 9.72 Å². The van der Waals surface area contributed by atoms with Gasteiger partial charge in [-0.2, -0.15) is 5.26 Å². The van der Waals surface area contributed by atoms with E-state index in [2.05, 4.69) is 22.1 Å². The van der Waals surface area contributed by atoms with Crippen LogP contribution in [0.1, 0.15) is 30.7 Å². The fraction of sp³-hybridized carbons (Fsp3) is 0.375. The second kappa shape index (κ2) is 4.68. The Morgan fingerprint density at radius 1 is 1.40 bits per heavy atom. The van der Waals surface area contributed by atoms with E-state index in [0.29, 0.717) is 0 Å². The van der Waals surface area contributed by atoms with Crippen molar-refractivity contribution in [2.24, 2.45) is 0 Å². The normalized spacial score (nSPS) is 16.2. The number of rotatable bonds is 3. The Balaban J connectivity index is 1.94. The molecule has 1 aliphatic carbocycles. The average Bonchev–Trinajstić information content (AvgIpc) is 2.88. The van der Waals surface area contributed by atoms with Crippen molar-refractivity contribution in [3.63, 3.8) is 0 Å². The quantitative estimate of drug-likeness (QED) is 0.927. The topological polar surface area (TPSA) is 61.7 Å². The molecule has 4 nitrogen and oxygen atoms in total. The number of imidazole rings is 1. The van der Waals surface area contributed by atoms with Crippen molar-refractivity contribution in [2.75, 3.05) is 7.11 Å². The monoisotopic (exact) mass is 267 g/mol.